The zero-order valence-corrected chi connectivity index (χ0v) is 18.8. The minimum Gasteiger partial charge on any atom is -0.476 e. The zero-order valence-electron chi connectivity index (χ0n) is 18.0. The van der Waals surface area contributed by atoms with Crippen LogP contribution in [0, 0.1) is 0 Å². The Hall–Kier alpha value is -2.95. The van der Waals surface area contributed by atoms with Gasteiger partial charge in [-0.15, -0.1) is 0 Å². The van der Waals surface area contributed by atoms with Crippen LogP contribution in [0.25, 0.3) is 0 Å². The SMILES string of the molecule is CCS(=O)(=O)N1C[C@@H](C(=O)N2CCN(c3cccc(C(F)(F)F)c3)CC2)Oc2ccccc21. The first-order valence-electron chi connectivity index (χ1n) is 10.6. The van der Waals surface area contributed by atoms with Crippen molar-refractivity contribution in [3.05, 3.63) is 54.1 Å². The molecule has 2 aromatic carbocycles. The number of para-hydroxylation sites is 2. The summed E-state index contributed by atoms with van der Waals surface area (Å²) in [6, 6.07) is 11.8. The van der Waals surface area contributed by atoms with Gasteiger partial charge >= 0.3 is 6.18 Å². The summed E-state index contributed by atoms with van der Waals surface area (Å²) in [5, 5.41) is 0. The van der Waals surface area contributed by atoms with Crippen LogP contribution in [0.15, 0.2) is 48.5 Å². The third kappa shape index (κ3) is 4.73. The standard InChI is InChI=1S/C22H24F3N3O4S/c1-2-33(30,31)28-15-20(32-19-9-4-3-8-18(19)28)21(29)27-12-10-26(11-13-27)17-7-5-6-16(14-17)22(23,24)25/h3-9,14,20H,2,10-13,15H2,1H3/t20-/m0/s1. The van der Waals surface area contributed by atoms with E-state index in [4.69, 9.17) is 4.74 Å². The van der Waals surface area contributed by atoms with Crippen molar-refractivity contribution in [1.29, 1.82) is 0 Å². The van der Waals surface area contributed by atoms with Crippen LogP contribution in [0.3, 0.4) is 0 Å². The maximum Gasteiger partial charge on any atom is 0.416 e. The molecule has 0 saturated carbocycles. The van der Waals surface area contributed by atoms with Crippen LogP contribution in [0.1, 0.15) is 12.5 Å². The van der Waals surface area contributed by atoms with Crippen LogP contribution in [0.5, 0.6) is 5.75 Å². The average molecular weight is 484 g/mol. The molecule has 178 valence electrons. The number of sulfonamides is 1. The first kappa shape index (κ1) is 23.2. The number of carbonyl (C=O) groups is 1. The number of halogens is 3. The van der Waals surface area contributed by atoms with Gasteiger partial charge in [0.25, 0.3) is 5.91 Å². The van der Waals surface area contributed by atoms with Gasteiger partial charge in [-0.1, -0.05) is 18.2 Å². The highest BCUT2D eigenvalue weighted by Gasteiger charge is 2.38. The van der Waals surface area contributed by atoms with E-state index < -0.39 is 27.9 Å². The molecule has 0 radical (unpaired) electrons. The minimum atomic E-state index is -4.42. The summed E-state index contributed by atoms with van der Waals surface area (Å²) in [6.07, 6.45) is -5.42. The van der Waals surface area contributed by atoms with Crippen LogP contribution in [0.2, 0.25) is 0 Å². The first-order valence-corrected chi connectivity index (χ1v) is 12.2. The lowest BCUT2D eigenvalue weighted by Gasteiger charge is -2.40. The van der Waals surface area contributed by atoms with Gasteiger partial charge in [-0.2, -0.15) is 13.2 Å². The predicted octanol–water partition coefficient (Wildman–Crippen LogP) is 2.97. The normalized spacial score (nSPS) is 19.2. The number of benzene rings is 2. The second-order valence-corrected chi connectivity index (χ2v) is 10.0. The second-order valence-electron chi connectivity index (χ2n) is 7.87. The molecule has 0 N–H and O–H groups in total. The number of ether oxygens (including phenoxy) is 1. The van der Waals surface area contributed by atoms with Crippen molar-refractivity contribution >= 4 is 27.3 Å². The van der Waals surface area contributed by atoms with E-state index in [2.05, 4.69) is 0 Å². The molecule has 2 aliphatic heterocycles. The molecule has 33 heavy (non-hydrogen) atoms. The lowest BCUT2D eigenvalue weighted by Crippen LogP contribution is -2.56. The van der Waals surface area contributed by atoms with E-state index in [9.17, 15) is 26.4 Å². The third-order valence-corrected chi connectivity index (χ3v) is 7.59. The van der Waals surface area contributed by atoms with Crippen molar-refractivity contribution < 1.29 is 31.1 Å². The Morgan fingerprint density at radius 3 is 2.42 bits per heavy atom. The summed E-state index contributed by atoms with van der Waals surface area (Å²) in [6.45, 7) is 2.70. The molecule has 1 saturated heterocycles. The molecule has 0 aliphatic carbocycles. The smallest absolute Gasteiger partial charge is 0.416 e. The summed E-state index contributed by atoms with van der Waals surface area (Å²) >= 11 is 0. The number of hydrogen-bond donors (Lipinski definition) is 0. The van der Waals surface area contributed by atoms with E-state index in [0.717, 1.165) is 12.1 Å². The molecule has 2 aromatic rings. The van der Waals surface area contributed by atoms with Crippen molar-refractivity contribution in [2.75, 3.05) is 47.7 Å². The number of rotatable bonds is 4. The van der Waals surface area contributed by atoms with Crippen molar-refractivity contribution in [3.63, 3.8) is 0 Å². The van der Waals surface area contributed by atoms with Crippen LogP contribution in [-0.4, -0.2) is 63.8 Å². The highest BCUT2D eigenvalue weighted by molar-refractivity contribution is 7.92. The lowest BCUT2D eigenvalue weighted by atomic mass is 10.1. The Kier molecular flexibility index (Phi) is 6.17. The maximum atomic E-state index is 13.2. The van der Waals surface area contributed by atoms with E-state index in [0.29, 0.717) is 30.2 Å². The number of hydrogen-bond acceptors (Lipinski definition) is 5. The van der Waals surface area contributed by atoms with Crippen LogP contribution in [0.4, 0.5) is 24.5 Å². The topological polar surface area (TPSA) is 70.2 Å². The molecule has 4 rings (SSSR count). The van der Waals surface area contributed by atoms with Crippen LogP contribution < -0.4 is 13.9 Å². The molecule has 11 heteroatoms. The molecule has 2 heterocycles. The first-order chi connectivity index (χ1) is 15.6. The van der Waals surface area contributed by atoms with E-state index in [1.165, 1.54) is 17.3 Å². The van der Waals surface area contributed by atoms with Gasteiger partial charge in [-0.3, -0.25) is 9.10 Å². The van der Waals surface area contributed by atoms with Crippen molar-refractivity contribution in [3.8, 4) is 5.75 Å². The number of anilines is 2. The molecular weight excluding hydrogens is 459 g/mol. The van der Waals surface area contributed by atoms with Gasteiger partial charge in [-0.05, 0) is 37.3 Å². The number of carbonyl (C=O) groups excluding carboxylic acids is 1. The monoisotopic (exact) mass is 483 g/mol. The number of piperazine rings is 1. The summed E-state index contributed by atoms with van der Waals surface area (Å²) < 4.78 is 71.4. The fraction of sp³-hybridized carbons (Fsp3) is 0.409. The summed E-state index contributed by atoms with van der Waals surface area (Å²) in [5.41, 5.74) is 0.128. The average Bonchev–Trinajstić information content (AvgIpc) is 2.82. The molecule has 7 nitrogen and oxygen atoms in total. The Labute approximate surface area is 190 Å². The Bertz CT molecular complexity index is 1130. The van der Waals surface area contributed by atoms with Crippen molar-refractivity contribution in [2.45, 2.75) is 19.2 Å². The van der Waals surface area contributed by atoms with E-state index >= 15 is 0 Å². The van der Waals surface area contributed by atoms with Gasteiger partial charge in [0.05, 0.1) is 23.5 Å². The highest BCUT2D eigenvalue weighted by Crippen LogP contribution is 2.36. The predicted molar refractivity (Wildman–Crippen MR) is 118 cm³/mol. The highest BCUT2D eigenvalue weighted by atomic mass is 32.2. The Morgan fingerprint density at radius 1 is 1.06 bits per heavy atom. The fourth-order valence-electron chi connectivity index (χ4n) is 4.02. The molecular formula is C22H24F3N3O4S. The lowest BCUT2D eigenvalue weighted by molar-refractivity contribution is -0.139. The van der Waals surface area contributed by atoms with Gasteiger partial charge in [0, 0.05) is 31.9 Å². The van der Waals surface area contributed by atoms with E-state index in [1.54, 1.807) is 40.1 Å². The minimum absolute atomic E-state index is 0.113. The van der Waals surface area contributed by atoms with Crippen LogP contribution in [-0.2, 0) is 21.0 Å². The number of fused-ring (bicyclic) bond motifs is 1. The molecule has 0 bridgehead atoms. The van der Waals surface area contributed by atoms with E-state index in [-0.39, 0.29) is 31.3 Å². The van der Waals surface area contributed by atoms with Gasteiger partial charge < -0.3 is 14.5 Å². The zero-order chi connectivity index (χ0) is 23.8. The quantitative estimate of drug-likeness (QED) is 0.669. The fourth-order valence-corrected chi connectivity index (χ4v) is 5.14. The maximum absolute atomic E-state index is 13.2. The Morgan fingerprint density at radius 2 is 1.76 bits per heavy atom. The summed E-state index contributed by atoms with van der Waals surface area (Å²) in [4.78, 5) is 16.5. The number of nitrogens with zero attached hydrogens (tertiary/aromatic N) is 3. The number of alkyl halides is 3. The van der Waals surface area contributed by atoms with Gasteiger partial charge in [-0.25, -0.2) is 8.42 Å². The molecule has 1 atom stereocenters. The largest absolute Gasteiger partial charge is 0.476 e. The summed E-state index contributed by atoms with van der Waals surface area (Å²) in [7, 11) is -3.61. The molecule has 0 aromatic heterocycles. The van der Waals surface area contributed by atoms with Gasteiger partial charge in [0.1, 0.15) is 5.75 Å². The van der Waals surface area contributed by atoms with Gasteiger partial charge in [0.2, 0.25) is 10.0 Å². The second kappa shape index (κ2) is 8.77. The molecule has 0 spiro atoms. The molecule has 0 unspecified atom stereocenters. The molecule has 1 amide bonds. The van der Waals surface area contributed by atoms with Gasteiger partial charge in [0.15, 0.2) is 6.10 Å². The number of amides is 1. The van der Waals surface area contributed by atoms with Crippen molar-refractivity contribution in [2.24, 2.45) is 0 Å². The summed E-state index contributed by atoms with van der Waals surface area (Å²) in [5.74, 6) is -0.135. The van der Waals surface area contributed by atoms with E-state index in [1.807, 2.05) is 0 Å². The van der Waals surface area contributed by atoms with Crippen molar-refractivity contribution in [1.82, 2.24) is 4.90 Å². The Balaban J connectivity index is 1.46. The molecule has 1 fully saturated rings. The third-order valence-electron chi connectivity index (χ3n) is 5.84. The van der Waals surface area contributed by atoms with Crippen LogP contribution >= 0.6 is 0 Å². The molecule has 2 aliphatic rings.